The quantitative estimate of drug-likeness (QED) is 0.860. The van der Waals surface area contributed by atoms with Crippen molar-refractivity contribution in [2.45, 2.75) is 5.75 Å². The normalized spacial score (nSPS) is 11.1. The summed E-state index contributed by atoms with van der Waals surface area (Å²) in [4.78, 5) is 0. The Labute approximate surface area is 98.0 Å². The largest absolute Gasteiger partial charge is 0.232 e. The fraction of sp³-hybridized carbons (Fsp3) is 0.0909. The zero-order valence-corrected chi connectivity index (χ0v) is 10.2. The van der Waals surface area contributed by atoms with Crippen molar-refractivity contribution in [2.75, 3.05) is 0 Å². The molecule has 0 fully saturated rings. The van der Waals surface area contributed by atoms with Crippen LogP contribution in [0.1, 0.15) is 5.56 Å². The lowest BCUT2D eigenvalue weighted by atomic mass is 10.1. The molecular formula is C11H8BrO2S. The summed E-state index contributed by atoms with van der Waals surface area (Å²) in [6.45, 7) is 0. The van der Waals surface area contributed by atoms with Crippen molar-refractivity contribution in [1.82, 2.24) is 0 Å². The Morgan fingerprint density at radius 2 is 2.07 bits per heavy atom. The summed E-state index contributed by atoms with van der Waals surface area (Å²) in [5.74, 6) is 0.0899. The maximum Gasteiger partial charge on any atom is 0.144 e. The van der Waals surface area contributed by atoms with Crippen molar-refractivity contribution >= 4 is 37.4 Å². The Morgan fingerprint density at radius 3 is 2.80 bits per heavy atom. The lowest BCUT2D eigenvalue weighted by Crippen LogP contribution is -1.86. The first kappa shape index (κ1) is 10.6. The van der Waals surface area contributed by atoms with E-state index < -0.39 is 10.7 Å². The Balaban J connectivity index is 2.59. The van der Waals surface area contributed by atoms with E-state index in [1.54, 1.807) is 0 Å². The van der Waals surface area contributed by atoms with Gasteiger partial charge in [0.2, 0.25) is 0 Å². The lowest BCUT2D eigenvalue weighted by molar-refractivity contribution is 0.614. The highest BCUT2D eigenvalue weighted by Crippen LogP contribution is 2.24. The molecular weight excluding hydrogens is 276 g/mol. The second kappa shape index (κ2) is 4.33. The molecule has 77 valence electrons. The molecule has 0 N–H and O–H groups in total. The molecule has 15 heavy (non-hydrogen) atoms. The van der Waals surface area contributed by atoms with Gasteiger partial charge in [-0.25, -0.2) is 8.42 Å². The minimum absolute atomic E-state index is 0.0899. The molecule has 0 saturated heterocycles. The summed E-state index contributed by atoms with van der Waals surface area (Å²) in [5.41, 5.74) is 0.805. The molecule has 0 atom stereocenters. The second-order valence-electron chi connectivity index (χ2n) is 3.20. The number of thiol groups is 1. The summed E-state index contributed by atoms with van der Waals surface area (Å²) < 4.78 is 22.1. The minimum Gasteiger partial charge on any atom is -0.232 e. The van der Waals surface area contributed by atoms with Crippen molar-refractivity contribution in [1.29, 1.82) is 0 Å². The van der Waals surface area contributed by atoms with E-state index in [0.29, 0.717) is 0 Å². The molecule has 0 aliphatic carbocycles. The van der Waals surface area contributed by atoms with E-state index in [-0.39, 0.29) is 5.75 Å². The maximum atomic E-state index is 10.6. The number of hydrogen-bond donors (Lipinski definition) is 1. The molecule has 2 aromatic carbocycles. The average molecular weight is 284 g/mol. The number of hydrogen-bond acceptors (Lipinski definition) is 2. The van der Waals surface area contributed by atoms with Gasteiger partial charge in [0.25, 0.3) is 0 Å². The summed E-state index contributed by atoms with van der Waals surface area (Å²) in [6.07, 6.45) is 0. The van der Waals surface area contributed by atoms with Gasteiger partial charge in [0.05, 0.1) is 5.75 Å². The fourth-order valence-corrected chi connectivity index (χ4v) is 2.44. The number of fused-ring (bicyclic) bond motifs is 1. The van der Waals surface area contributed by atoms with E-state index in [2.05, 4.69) is 22.0 Å². The number of rotatable bonds is 2. The van der Waals surface area contributed by atoms with E-state index in [0.717, 1.165) is 20.8 Å². The van der Waals surface area contributed by atoms with Crippen molar-refractivity contribution in [3.63, 3.8) is 0 Å². The zero-order valence-electron chi connectivity index (χ0n) is 7.74. The smallest absolute Gasteiger partial charge is 0.144 e. The molecule has 4 heteroatoms. The van der Waals surface area contributed by atoms with Crippen LogP contribution in [-0.2, 0) is 16.5 Å². The third-order valence-electron chi connectivity index (χ3n) is 2.14. The van der Waals surface area contributed by atoms with Crippen LogP contribution in [0.5, 0.6) is 0 Å². The Bertz CT molecular complexity index is 568. The highest BCUT2D eigenvalue weighted by molar-refractivity contribution is 9.10. The first-order valence-electron chi connectivity index (χ1n) is 4.37. The van der Waals surface area contributed by atoms with Gasteiger partial charge in [0.1, 0.15) is 10.7 Å². The van der Waals surface area contributed by atoms with Gasteiger partial charge >= 0.3 is 0 Å². The molecule has 0 saturated carbocycles. The summed E-state index contributed by atoms with van der Waals surface area (Å²) in [6, 6.07) is 12.4. The van der Waals surface area contributed by atoms with Crippen LogP contribution >= 0.6 is 15.9 Å². The number of benzene rings is 2. The van der Waals surface area contributed by atoms with Gasteiger partial charge in [-0.2, -0.15) is 0 Å². The minimum atomic E-state index is -2.37. The van der Waals surface area contributed by atoms with Crippen molar-refractivity contribution in [3.8, 4) is 0 Å². The Hall–Kier alpha value is -0.870. The highest BCUT2D eigenvalue weighted by Gasteiger charge is 2.00. The Kier molecular flexibility index (Phi) is 3.07. The molecule has 2 nitrogen and oxygen atoms in total. The van der Waals surface area contributed by atoms with E-state index >= 15 is 0 Å². The van der Waals surface area contributed by atoms with Gasteiger partial charge in [-0.05, 0) is 44.4 Å². The van der Waals surface area contributed by atoms with Crippen LogP contribution in [0.4, 0.5) is 0 Å². The van der Waals surface area contributed by atoms with Gasteiger partial charge in [-0.1, -0.05) is 24.3 Å². The van der Waals surface area contributed by atoms with Gasteiger partial charge in [-0.15, -0.1) is 0 Å². The van der Waals surface area contributed by atoms with Crippen LogP contribution in [0.15, 0.2) is 34.8 Å². The summed E-state index contributed by atoms with van der Waals surface area (Å²) >= 11 is 3.39. The topological polar surface area (TPSA) is 34.1 Å². The van der Waals surface area contributed by atoms with Gasteiger partial charge in [0.15, 0.2) is 0 Å². The maximum absolute atomic E-state index is 10.6. The monoisotopic (exact) mass is 283 g/mol. The molecule has 0 aliphatic heterocycles. The van der Waals surface area contributed by atoms with E-state index in [9.17, 15) is 8.42 Å². The summed E-state index contributed by atoms with van der Waals surface area (Å²) in [5, 5.41) is 2.07. The highest BCUT2D eigenvalue weighted by atomic mass is 79.9. The SMILES string of the molecule is O=[SH](=O)Cc1ccc2cc[c]c(Br)c2c1. The molecule has 2 rings (SSSR count). The van der Waals surface area contributed by atoms with Crippen molar-refractivity contribution in [2.24, 2.45) is 0 Å². The molecule has 0 aromatic heterocycles. The van der Waals surface area contributed by atoms with Crippen LogP contribution in [0.2, 0.25) is 0 Å². The van der Waals surface area contributed by atoms with Gasteiger partial charge in [0, 0.05) is 4.47 Å². The molecule has 2 aromatic rings. The van der Waals surface area contributed by atoms with Crippen LogP contribution in [-0.4, -0.2) is 8.42 Å². The molecule has 1 radical (unpaired) electrons. The fourth-order valence-electron chi connectivity index (χ4n) is 1.47. The van der Waals surface area contributed by atoms with E-state index in [1.165, 1.54) is 0 Å². The Morgan fingerprint density at radius 1 is 1.27 bits per heavy atom. The standard InChI is InChI=1S/C11H8BrO2S/c12-11-3-1-2-9-5-4-8(6-10(9)11)7-15(13)14/h1-2,4-6,15H,7H2. The van der Waals surface area contributed by atoms with Crippen LogP contribution in [0.3, 0.4) is 0 Å². The van der Waals surface area contributed by atoms with Crippen molar-refractivity contribution in [3.05, 3.63) is 46.4 Å². The lowest BCUT2D eigenvalue weighted by Gasteiger charge is -2.02. The number of halogens is 1. The second-order valence-corrected chi connectivity index (χ2v) is 4.98. The van der Waals surface area contributed by atoms with Crippen LogP contribution < -0.4 is 0 Å². The first-order chi connectivity index (χ1) is 7.16. The molecule has 0 heterocycles. The van der Waals surface area contributed by atoms with Gasteiger partial charge < -0.3 is 0 Å². The van der Waals surface area contributed by atoms with Gasteiger partial charge in [-0.3, -0.25) is 0 Å². The molecule has 0 spiro atoms. The third-order valence-corrected chi connectivity index (χ3v) is 3.42. The molecule has 0 unspecified atom stereocenters. The average Bonchev–Trinajstić information content (AvgIpc) is 2.18. The van der Waals surface area contributed by atoms with E-state index in [4.69, 9.17) is 0 Å². The molecule has 0 bridgehead atoms. The van der Waals surface area contributed by atoms with E-state index in [1.807, 2.05) is 30.3 Å². The summed E-state index contributed by atoms with van der Waals surface area (Å²) in [7, 11) is -2.37. The van der Waals surface area contributed by atoms with Crippen LogP contribution in [0, 0.1) is 6.07 Å². The first-order valence-corrected chi connectivity index (χ1v) is 6.53. The predicted molar refractivity (Wildman–Crippen MR) is 64.5 cm³/mol. The third kappa shape index (κ3) is 2.38. The predicted octanol–water partition coefficient (Wildman–Crippen LogP) is 2.51. The zero-order chi connectivity index (χ0) is 10.8. The van der Waals surface area contributed by atoms with Crippen molar-refractivity contribution < 1.29 is 8.42 Å². The molecule has 0 aliphatic rings. The van der Waals surface area contributed by atoms with Crippen LogP contribution in [0.25, 0.3) is 10.8 Å². The molecule has 0 amide bonds.